The predicted octanol–water partition coefficient (Wildman–Crippen LogP) is 5.02. The first-order valence-corrected chi connectivity index (χ1v) is 12.7. The molecule has 0 atom stereocenters. The van der Waals surface area contributed by atoms with Crippen LogP contribution in [0.2, 0.25) is 0 Å². The lowest BCUT2D eigenvalue weighted by molar-refractivity contribution is 0.690. The molecule has 9 heteroatoms. The number of tetrazole rings is 1. The van der Waals surface area contributed by atoms with Crippen molar-refractivity contribution in [1.82, 2.24) is 40.4 Å². The monoisotopic (exact) mass is 502 g/mol. The fraction of sp³-hybridized carbons (Fsp3) is 0.172. The highest BCUT2D eigenvalue weighted by molar-refractivity contribution is 5.82. The third-order valence-corrected chi connectivity index (χ3v) is 6.68. The lowest BCUT2D eigenvalue weighted by atomic mass is 9.98. The van der Waals surface area contributed by atoms with Gasteiger partial charge in [0.15, 0.2) is 0 Å². The van der Waals surface area contributed by atoms with Crippen molar-refractivity contribution in [3.8, 4) is 33.8 Å². The Kier molecular flexibility index (Phi) is 6.31. The predicted molar refractivity (Wildman–Crippen MR) is 146 cm³/mol. The molecule has 6 aromatic rings. The minimum absolute atomic E-state index is 0.218. The van der Waals surface area contributed by atoms with Crippen LogP contribution in [0.15, 0.2) is 83.7 Å². The minimum atomic E-state index is -0.218. The van der Waals surface area contributed by atoms with Gasteiger partial charge in [-0.15, -0.1) is 10.2 Å². The topological polar surface area (TPSA) is 118 Å². The zero-order valence-electron chi connectivity index (χ0n) is 20.9. The smallest absolute Gasteiger partial charge is 0.264 e. The number of H-pyrrole nitrogens is 2. The molecule has 0 unspecified atom stereocenters. The van der Waals surface area contributed by atoms with Gasteiger partial charge >= 0.3 is 0 Å². The number of benzene rings is 3. The third kappa shape index (κ3) is 4.61. The van der Waals surface area contributed by atoms with E-state index in [1.807, 2.05) is 30.3 Å². The molecule has 0 bridgehead atoms. The molecular formula is C29H26N8O. The Labute approximate surface area is 218 Å². The Morgan fingerprint density at radius 2 is 1.68 bits per heavy atom. The van der Waals surface area contributed by atoms with Crippen molar-refractivity contribution < 1.29 is 0 Å². The highest BCUT2D eigenvalue weighted by atomic mass is 16.1. The highest BCUT2D eigenvalue weighted by Gasteiger charge is 2.14. The van der Waals surface area contributed by atoms with Crippen molar-refractivity contribution in [3.63, 3.8) is 0 Å². The number of unbranched alkanes of at least 4 members (excludes halogenated alkanes) is 1. The second kappa shape index (κ2) is 10.2. The Bertz CT molecular complexity index is 1730. The average molecular weight is 503 g/mol. The molecule has 2 N–H and O–H groups in total. The molecule has 9 nitrogen and oxygen atoms in total. The molecule has 0 saturated carbocycles. The van der Waals surface area contributed by atoms with Crippen LogP contribution in [0.25, 0.3) is 44.8 Å². The second-order valence-electron chi connectivity index (χ2n) is 9.21. The van der Waals surface area contributed by atoms with E-state index in [0.717, 1.165) is 64.1 Å². The van der Waals surface area contributed by atoms with E-state index in [4.69, 9.17) is 4.98 Å². The number of rotatable bonds is 8. The van der Waals surface area contributed by atoms with Crippen LogP contribution in [0.5, 0.6) is 0 Å². The number of hydrogen-bond donors (Lipinski definition) is 2. The fourth-order valence-electron chi connectivity index (χ4n) is 4.72. The number of aryl methyl sites for hydroxylation is 1. The SMILES string of the molecule is CCCCc1nc2ccc(-c3ccc(=O)[nH]n3)cc2n1Cc1ccc(-c2ccccc2-c2nn[nH]n2)cc1. The first-order valence-electron chi connectivity index (χ1n) is 12.7. The lowest BCUT2D eigenvalue weighted by Gasteiger charge is -2.12. The van der Waals surface area contributed by atoms with Gasteiger partial charge < -0.3 is 4.57 Å². The van der Waals surface area contributed by atoms with Gasteiger partial charge in [-0.3, -0.25) is 4.79 Å². The summed E-state index contributed by atoms with van der Waals surface area (Å²) < 4.78 is 2.29. The van der Waals surface area contributed by atoms with Gasteiger partial charge in [0.1, 0.15) is 5.82 Å². The summed E-state index contributed by atoms with van der Waals surface area (Å²) in [5, 5.41) is 21.3. The van der Waals surface area contributed by atoms with Crippen molar-refractivity contribution in [2.75, 3.05) is 0 Å². The lowest BCUT2D eigenvalue weighted by Crippen LogP contribution is -2.06. The number of hydrogen-bond acceptors (Lipinski definition) is 6. The molecule has 6 rings (SSSR count). The van der Waals surface area contributed by atoms with E-state index in [-0.39, 0.29) is 5.56 Å². The molecule has 0 saturated heterocycles. The Balaban J connectivity index is 1.36. The van der Waals surface area contributed by atoms with Gasteiger partial charge in [0.05, 0.1) is 16.7 Å². The van der Waals surface area contributed by atoms with Crippen LogP contribution < -0.4 is 5.56 Å². The quantitative estimate of drug-likeness (QED) is 0.302. The van der Waals surface area contributed by atoms with Gasteiger partial charge in [-0.25, -0.2) is 10.1 Å². The first kappa shape index (κ1) is 23.5. The summed E-state index contributed by atoms with van der Waals surface area (Å²) in [5.74, 6) is 1.64. The number of aromatic nitrogens is 8. The molecule has 3 aromatic heterocycles. The summed E-state index contributed by atoms with van der Waals surface area (Å²) in [4.78, 5) is 16.4. The van der Waals surface area contributed by atoms with E-state index in [9.17, 15) is 4.79 Å². The average Bonchev–Trinajstić information content (AvgIpc) is 3.61. The molecule has 3 heterocycles. The molecule has 188 valence electrons. The highest BCUT2D eigenvalue weighted by Crippen LogP contribution is 2.30. The maximum atomic E-state index is 11.5. The van der Waals surface area contributed by atoms with Gasteiger partial charge in [-0.2, -0.15) is 10.3 Å². The van der Waals surface area contributed by atoms with E-state index in [1.165, 1.54) is 11.6 Å². The maximum Gasteiger partial charge on any atom is 0.264 e. The number of fused-ring (bicyclic) bond motifs is 1. The molecule has 0 amide bonds. The van der Waals surface area contributed by atoms with Crippen molar-refractivity contribution in [2.24, 2.45) is 0 Å². The van der Waals surface area contributed by atoms with E-state index in [1.54, 1.807) is 6.07 Å². The zero-order valence-corrected chi connectivity index (χ0v) is 20.9. The van der Waals surface area contributed by atoms with Gasteiger partial charge in [0, 0.05) is 30.2 Å². The fourth-order valence-corrected chi connectivity index (χ4v) is 4.72. The van der Waals surface area contributed by atoms with Gasteiger partial charge in [0.2, 0.25) is 5.82 Å². The molecule has 0 aliphatic carbocycles. The van der Waals surface area contributed by atoms with Crippen LogP contribution in [-0.4, -0.2) is 40.4 Å². The summed E-state index contributed by atoms with van der Waals surface area (Å²) in [6.45, 7) is 2.89. The van der Waals surface area contributed by atoms with Gasteiger partial charge in [0.25, 0.3) is 5.56 Å². The molecule has 0 aliphatic rings. The number of imidazole rings is 1. The van der Waals surface area contributed by atoms with Crippen LogP contribution in [0, 0.1) is 0 Å². The molecule has 0 aliphatic heterocycles. The van der Waals surface area contributed by atoms with E-state index < -0.39 is 0 Å². The van der Waals surface area contributed by atoms with E-state index >= 15 is 0 Å². The second-order valence-corrected chi connectivity index (χ2v) is 9.21. The molecule has 0 fully saturated rings. The normalized spacial score (nSPS) is 11.3. The van der Waals surface area contributed by atoms with Crippen molar-refractivity contribution in [3.05, 3.63) is 101 Å². The van der Waals surface area contributed by atoms with Crippen LogP contribution in [0.4, 0.5) is 0 Å². The van der Waals surface area contributed by atoms with Gasteiger partial charge in [-0.05, 0) is 46.5 Å². The first-order chi connectivity index (χ1) is 18.7. The largest absolute Gasteiger partial charge is 0.323 e. The molecule has 3 aromatic carbocycles. The molecule has 38 heavy (non-hydrogen) atoms. The standard InChI is InChI=1S/C29H26N8O/c1-2-3-8-27-30-25-14-13-21(24-15-16-28(38)32-31-24)17-26(25)37(27)18-19-9-11-20(12-10-19)22-6-4-5-7-23(22)29-33-35-36-34-29/h4-7,9-17H,2-3,8,18H2,1H3,(H,32,38)(H,33,34,35,36). The van der Waals surface area contributed by atoms with Crippen molar-refractivity contribution in [1.29, 1.82) is 0 Å². The van der Waals surface area contributed by atoms with Gasteiger partial charge in [-0.1, -0.05) is 67.9 Å². The number of nitrogens with one attached hydrogen (secondary N) is 2. The zero-order chi connectivity index (χ0) is 25.9. The summed E-state index contributed by atoms with van der Waals surface area (Å²) in [6.07, 6.45) is 3.08. The summed E-state index contributed by atoms with van der Waals surface area (Å²) >= 11 is 0. The van der Waals surface area contributed by atoms with Crippen LogP contribution >= 0.6 is 0 Å². The third-order valence-electron chi connectivity index (χ3n) is 6.68. The Hall–Kier alpha value is -4.92. The maximum absolute atomic E-state index is 11.5. The summed E-state index contributed by atoms with van der Waals surface area (Å²) in [7, 11) is 0. The van der Waals surface area contributed by atoms with Crippen LogP contribution in [-0.2, 0) is 13.0 Å². The number of nitrogens with zero attached hydrogens (tertiary/aromatic N) is 6. The molecular weight excluding hydrogens is 476 g/mol. The Morgan fingerprint density at radius 1 is 0.868 bits per heavy atom. The number of aromatic amines is 2. The summed E-state index contributed by atoms with van der Waals surface area (Å²) in [6, 6.07) is 26.0. The molecule has 0 spiro atoms. The molecule has 0 radical (unpaired) electrons. The summed E-state index contributed by atoms with van der Waals surface area (Å²) in [5.41, 5.74) is 7.69. The van der Waals surface area contributed by atoms with Crippen LogP contribution in [0.3, 0.4) is 0 Å². The minimum Gasteiger partial charge on any atom is -0.323 e. The van der Waals surface area contributed by atoms with Crippen molar-refractivity contribution >= 4 is 11.0 Å². The van der Waals surface area contributed by atoms with E-state index in [2.05, 4.69) is 78.7 Å². The Morgan fingerprint density at radius 3 is 2.42 bits per heavy atom. The van der Waals surface area contributed by atoms with Crippen molar-refractivity contribution in [2.45, 2.75) is 32.7 Å². The van der Waals surface area contributed by atoms with E-state index in [0.29, 0.717) is 12.4 Å². The van der Waals surface area contributed by atoms with Crippen LogP contribution in [0.1, 0.15) is 31.2 Å².